The van der Waals surface area contributed by atoms with Gasteiger partial charge in [0.1, 0.15) is 0 Å². The molecule has 4 rings (SSSR count). The molecule has 1 aliphatic rings. The minimum Gasteiger partial charge on any atom is -0.392 e. The molecular formula is C28H34N2O2. The lowest BCUT2D eigenvalue weighted by Crippen LogP contribution is -2.41. The molecule has 32 heavy (non-hydrogen) atoms. The SMILES string of the molecule is C.CN(C(=O)C(c1ccccc1)c1ccccc1)[C@H](CN1CC[C@H](O)C1)c1ccccc1. The zero-order valence-corrected chi connectivity index (χ0v) is 18.0. The Bertz CT molecular complexity index is 923. The average molecular weight is 431 g/mol. The van der Waals surface area contributed by atoms with Crippen molar-refractivity contribution in [1.82, 2.24) is 9.80 Å². The van der Waals surface area contributed by atoms with E-state index < -0.39 is 0 Å². The number of hydrogen-bond acceptors (Lipinski definition) is 3. The van der Waals surface area contributed by atoms with E-state index in [1.807, 2.05) is 90.8 Å². The maximum Gasteiger partial charge on any atom is 0.234 e. The lowest BCUT2D eigenvalue weighted by molar-refractivity contribution is -0.133. The summed E-state index contributed by atoms with van der Waals surface area (Å²) in [6.45, 7) is 2.22. The van der Waals surface area contributed by atoms with Crippen molar-refractivity contribution in [2.24, 2.45) is 0 Å². The first-order valence-corrected chi connectivity index (χ1v) is 11.0. The van der Waals surface area contributed by atoms with E-state index in [0.29, 0.717) is 13.1 Å². The number of aliphatic hydroxyl groups excluding tert-OH is 1. The molecule has 0 aromatic heterocycles. The molecule has 2 atom stereocenters. The smallest absolute Gasteiger partial charge is 0.234 e. The molecule has 0 aliphatic carbocycles. The van der Waals surface area contributed by atoms with Crippen molar-refractivity contribution in [1.29, 1.82) is 0 Å². The molecule has 1 aliphatic heterocycles. The molecule has 0 radical (unpaired) electrons. The third kappa shape index (κ3) is 5.45. The van der Waals surface area contributed by atoms with Crippen LogP contribution in [0.15, 0.2) is 91.0 Å². The predicted octanol–water partition coefficient (Wildman–Crippen LogP) is 4.72. The van der Waals surface area contributed by atoms with Gasteiger partial charge in [0.2, 0.25) is 5.91 Å². The molecular weight excluding hydrogens is 396 g/mol. The van der Waals surface area contributed by atoms with Gasteiger partial charge in [-0.25, -0.2) is 0 Å². The van der Waals surface area contributed by atoms with Crippen molar-refractivity contribution in [3.63, 3.8) is 0 Å². The van der Waals surface area contributed by atoms with Crippen molar-refractivity contribution in [3.8, 4) is 0 Å². The average Bonchev–Trinajstić information content (AvgIpc) is 3.24. The summed E-state index contributed by atoms with van der Waals surface area (Å²) >= 11 is 0. The van der Waals surface area contributed by atoms with Gasteiger partial charge in [-0.05, 0) is 23.1 Å². The molecule has 1 heterocycles. The fourth-order valence-corrected chi connectivity index (χ4v) is 4.48. The molecule has 168 valence electrons. The summed E-state index contributed by atoms with van der Waals surface area (Å²) < 4.78 is 0. The molecule has 0 unspecified atom stereocenters. The van der Waals surface area contributed by atoms with Gasteiger partial charge >= 0.3 is 0 Å². The summed E-state index contributed by atoms with van der Waals surface area (Å²) in [6, 6.07) is 30.1. The van der Waals surface area contributed by atoms with Crippen LogP contribution in [0.2, 0.25) is 0 Å². The van der Waals surface area contributed by atoms with Gasteiger partial charge in [-0.15, -0.1) is 0 Å². The highest BCUT2D eigenvalue weighted by atomic mass is 16.3. The topological polar surface area (TPSA) is 43.8 Å². The number of benzene rings is 3. The summed E-state index contributed by atoms with van der Waals surface area (Å²) in [5.74, 6) is -0.284. The first-order chi connectivity index (χ1) is 15.1. The van der Waals surface area contributed by atoms with Crippen LogP contribution in [-0.2, 0) is 4.79 Å². The minimum atomic E-state index is -0.359. The Hall–Kier alpha value is -2.95. The van der Waals surface area contributed by atoms with Crippen molar-refractivity contribution in [2.75, 3.05) is 26.7 Å². The van der Waals surface area contributed by atoms with Crippen LogP contribution >= 0.6 is 0 Å². The molecule has 0 bridgehead atoms. The molecule has 1 N–H and O–H groups in total. The van der Waals surface area contributed by atoms with Crippen LogP contribution in [-0.4, -0.2) is 53.6 Å². The van der Waals surface area contributed by atoms with Gasteiger partial charge in [-0.3, -0.25) is 9.69 Å². The number of nitrogens with zero attached hydrogens (tertiary/aromatic N) is 2. The summed E-state index contributed by atoms with van der Waals surface area (Å²) in [6.07, 6.45) is 0.509. The highest BCUT2D eigenvalue weighted by Gasteiger charge is 2.32. The zero-order chi connectivity index (χ0) is 21.6. The normalized spacial score (nSPS) is 17.0. The number of hydrogen-bond donors (Lipinski definition) is 1. The van der Waals surface area contributed by atoms with Crippen LogP contribution in [0.5, 0.6) is 0 Å². The maximum absolute atomic E-state index is 14.0. The van der Waals surface area contributed by atoms with Crippen LogP contribution in [0.4, 0.5) is 0 Å². The Balaban J connectivity index is 0.00000289. The zero-order valence-electron chi connectivity index (χ0n) is 18.0. The van der Waals surface area contributed by atoms with E-state index in [1.54, 1.807) is 0 Å². The van der Waals surface area contributed by atoms with E-state index in [4.69, 9.17) is 0 Å². The summed E-state index contributed by atoms with van der Waals surface area (Å²) in [5.41, 5.74) is 3.10. The van der Waals surface area contributed by atoms with Gasteiger partial charge in [0, 0.05) is 26.7 Å². The second-order valence-electron chi connectivity index (χ2n) is 8.33. The van der Waals surface area contributed by atoms with Crippen molar-refractivity contribution in [3.05, 3.63) is 108 Å². The monoisotopic (exact) mass is 430 g/mol. The number of rotatable bonds is 7. The van der Waals surface area contributed by atoms with E-state index in [2.05, 4.69) is 17.0 Å². The molecule has 1 saturated heterocycles. The number of carbonyl (C=O) groups excluding carboxylic acids is 1. The van der Waals surface area contributed by atoms with Crippen LogP contribution < -0.4 is 0 Å². The summed E-state index contributed by atoms with van der Waals surface area (Å²) in [7, 11) is 1.91. The van der Waals surface area contributed by atoms with Crippen LogP contribution in [0.25, 0.3) is 0 Å². The van der Waals surface area contributed by atoms with E-state index in [0.717, 1.165) is 29.7 Å². The fraction of sp³-hybridized carbons (Fsp3) is 0.321. The van der Waals surface area contributed by atoms with Gasteiger partial charge in [0.25, 0.3) is 0 Å². The third-order valence-corrected chi connectivity index (χ3v) is 6.19. The summed E-state index contributed by atoms with van der Waals surface area (Å²) in [5, 5.41) is 9.99. The number of aliphatic hydroxyl groups is 1. The van der Waals surface area contributed by atoms with Crippen LogP contribution in [0, 0.1) is 0 Å². The number of likely N-dealkylation sites (tertiary alicyclic amines) is 1. The molecule has 3 aromatic carbocycles. The predicted molar refractivity (Wildman–Crippen MR) is 130 cm³/mol. The minimum absolute atomic E-state index is 0. The van der Waals surface area contributed by atoms with E-state index >= 15 is 0 Å². The second-order valence-corrected chi connectivity index (χ2v) is 8.33. The van der Waals surface area contributed by atoms with Gasteiger partial charge < -0.3 is 10.0 Å². The molecule has 0 spiro atoms. The van der Waals surface area contributed by atoms with E-state index in [-0.39, 0.29) is 31.4 Å². The van der Waals surface area contributed by atoms with Crippen molar-refractivity contribution in [2.45, 2.75) is 31.9 Å². The first-order valence-electron chi connectivity index (χ1n) is 11.0. The Morgan fingerprint density at radius 1 is 0.906 bits per heavy atom. The van der Waals surface area contributed by atoms with Crippen molar-refractivity contribution >= 4 is 5.91 Å². The standard InChI is InChI=1S/C27H30N2O2.CH4/c1-28(25(21-11-5-2-6-12-21)20-29-18-17-24(30)19-29)27(31)26(22-13-7-3-8-14-22)23-15-9-4-10-16-23;/h2-16,24-26,30H,17-20H2,1H3;1H4/t24-,25+;/m0./s1. The van der Waals surface area contributed by atoms with Crippen LogP contribution in [0.3, 0.4) is 0 Å². The summed E-state index contributed by atoms with van der Waals surface area (Å²) in [4.78, 5) is 18.1. The Morgan fingerprint density at radius 2 is 1.38 bits per heavy atom. The van der Waals surface area contributed by atoms with Gasteiger partial charge in [0.15, 0.2) is 0 Å². The molecule has 4 nitrogen and oxygen atoms in total. The number of likely N-dealkylation sites (N-methyl/N-ethyl adjacent to an activating group) is 1. The number of β-amino-alcohol motifs (C(OH)–C–C–N with tert-alkyl or cyclic N) is 1. The van der Waals surface area contributed by atoms with Gasteiger partial charge in [-0.1, -0.05) is 98.4 Å². The Morgan fingerprint density at radius 3 is 1.81 bits per heavy atom. The molecule has 4 heteroatoms. The van der Waals surface area contributed by atoms with E-state index in [9.17, 15) is 9.90 Å². The lowest BCUT2D eigenvalue weighted by Gasteiger charge is -2.34. The number of amides is 1. The molecule has 1 fully saturated rings. The fourth-order valence-electron chi connectivity index (χ4n) is 4.48. The van der Waals surface area contributed by atoms with E-state index in [1.165, 1.54) is 0 Å². The lowest BCUT2D eigenvalue weighted by atomic mass is 9.89. The molecule has 1 amide bonds. The third-order valence-electron chi connectivity index (χ3n) is 6.19. The van der Waals surface area contributed by atoms with Gasteiger partial charge in [-0.2, -0.15) is 0 Å². The maximum atomic E-state index is 14.0. The van der Waals surface area contributed by atoms with Crippen molar-refractivity contribution < 1.29 is 9.90 Å². The Labute approximate surface area is 192 Å². The highest BCUT2D eigenvalue weighted by Crippen LogP contribution is 2.31. The molecule has 3 aromatic rings. The highest BCUT2D eigenvalue weighted by molar-refractivity contribution is 5.87. The first kappa shape index (κ1) is 23.7. The number of carbonyl (C=O) groups is 1. The molecule has 0 saturated carbocycles. The quantitative estimate of drug-likeness (QED) is 0.590. The largest absolute Gasteiger partial charge is 0.392 e. The van der Waals surface area contributed by atoms with Gasteiger partial charge in [0.05, 0.1) is 18.1 Å². The van der Waals surface area contributed by atoms with Crippen LogP contribution in [0.1, 0.15) is 42.5 Å². The second kappa shape index (κ2) is 11.1. The Kier molecular flexibility index (Phi) is 8.20.